The van der Waals surface area contributed by atoms with Gasteiger partial charge in [-0.3, -0.25) is 4.79 Å². The van der Waals surface area contributed by atoms with Crippen LogP contribution in [0.3, 0.4) is 0 Å². The molecule has 1 aromatic heterocycles. The number of hydrogen-bond donors (Lipinski definition) is 2. The average molecular weight is 314 g/mol. The van der Waals surface area contributed by atoms with E-state index in [9.17, 15) is 4.79 Å². The van der Waals surface area contributed by atoms with Gasteiger partial charge in [-0.15, -0.1) is 0 Å². The Morgan fingerprint density at radius 2 is 2.06 bits per heavy atom. The molecular formula is C13H20BrN3O. The standard InChI is InChI=1S/C13H20BrN3O/c1-8(13(2,3)4)17-12(18)10-6-9(14)7-16-11(10)15-5/h6-8H,1-5H3,(H,15,16)(H,17,18). The van der Waals surface area contributed by atoms with E-state index in [1.54, 1.807) is 19.3 Å². The van der Waals surface area contributed by atoms with Crippen LogP contribution in [-0.4, -0.2) is 24.0 Å². The zero-order chi connectivity index (χ0) is 13.9. The highest BCUT2D eigenvalue weighted by atomic mass is 79.9. The van der Waals surface area contributed by atoms with Gasteiger partial charge in [-0.1, -0.05) is 20.8 Å². The first-order chi connectivity index (χ1) is 8.25. The summed E-state index contributed by atoms with van der Waals surface area (Å²) in [6.07, 6.45) is 1.66. The quantitative estimate of drug-likeness (QED) is 0.901. The Morgan fingerprint density at radius 1 is 1.44 bits per heavy atom. The molecule has 1 atom stereocenters. The van der Waals surface area contributed by atoms with Crippen LogP contribution < -0.4 is 10.6 Å². The van der Waals surface area contributed by atoms with Crippen molar-refractivity contribution >= 4 is 27.7 Å². The third-order valence-corrected chi connectivity index (χ3v) is 3.42. The van der Waals surface area contributed by atoms with Crippen LogP contribution in [0.15, 0.2) is 16.7 Å². The lowest BCUT2D eigenvalue weighted by Gasteiger charge is -2.28. The Labute approximate surface area is 117 Å². The average Bonchev–Trinajstić information content (AvgIpc) is 2.27. The molecule has 0 aliphatic carbocycles. The fourth-order valence-corrected chi connectivity index (χ4v) is 1.63. The summed E-state index contributed by atoms with van der Waals surface area (Å²) in [5.74, 6) is 0.465. The van der Waals surface area contributed by atoms with Crippen LogP contribution in [-0.2, 0) is 0 Å². The van der Waals surface area contributed by atoms with E-state index in [4.69, 9.17) is 0 Å². The van der Waals surface area contributed by atoms with E-state index in [2.05, 4.69) is 52.3 Å². The number of hydrogen-bond acceptors (Lipinski definition) is 3. The summed E-state index contributed by atoms with van der Waals surface area (Å²) in [6, 6.07) is 1.84. The zero-order valence-corrected chi connectivity index (χ0v) is 13.1. The fourth-order valence-electron chi connectivity index (χ4n) is 1.30. The number of halogens is 1. The number of amides is 1. The van der Waals surface area contributed by atoms with Crippen LogP contribution in [0.1, 0.15) is 38.1 Å². The minimum Gasteiger partial charge on any atom is -0.372 e. The third kappa shape index (κ3) is 3.70. The number of aromatic nitrogens is 1. The van der Waals surface area contributed by atoms with Crippen LogP contribution in [0.4, 0.5) is 5.82 Å². The molecule has 0 fully saturated rings. The van der Waals surface area contributed by atoms with E-state index in [1.165, 1.54) is 0 Å². The summed E-state index contributed by atoms with van der Waals surface area (Å²) >= 11 is 3.33. The van der Waals surface area contributed by atoms with Crippen molar-refractivity contribution in [1.29, 1.82) is 0 Å². The summed E-state index contributed by atoms with van der Waals surface area (Å²) in [6.45, 7) is 8.28. The maximum absolute atomic E-state index is 12.2. The molecule has 0 spiro atoms. The molecule has 1 unspecified atom stereocenters. The van der Waals surface area contributed by atoms with Crippen LogP contribution in [0.25, 0.3) is 0 Å². The van der Waals surface area contributed by atoms with Gasteiger partial charge in [-0.05, 0) is 34.3 Å². The number of anilines is 1. The Hall–Kier alpha value is -1.10. The van der Waals surface area contributed by atoms with Crippen molar-refractivity contribution in [3.63, 3.8) is 0 Å². The van der Waals surface area contributed by atoms with Crippen molar-refractivity contribution in [2.75, 3.05) is 12.4 Å². The monoisotopic (exact) mass is 313 g/mol. The van der Waals surface area contributed by atoms with Gasteiger partial charge in [-0.25, -0.2) is 4.98 Å². The number of nitrogens with one attached hydrogen (secondary N) is 2. The van der Waals surface area contributed by atoms with Crippen molar-refractivity contribution in [2.24, 2.45) is 5.41 Å². The predicted octanol–water partition coefficient (Wildman–Crippen LogP) is 3.05. The summed E-state index contributed by atoms with van der Waals surface area (Å²) in [5, 5.41) is 5.92. The van der Waals surface area contributed by atoms with Gasteiger partial charge in [0.15, 0.2) is 0 Å². The highest BCUT2D eigenvalue weighted by molar-refractivity contribution is 9.10. The van der Waals surface area contributed by atoms with Crippen molar-refractivity contribution < 1.29 is 4.79 Å². The lowest BCUT2D eigenvalue weighted by molar-refractivity contribution is 0.0910. The number of pyridine rings is 1. The molecule has 1 heterocycles. The molecule has 0 aromatic carbocycles. The lowest BCUT2D eigenvalue weighted by atomic mass is 9.88. The van der Waals surface area contributed by atoms with Gasteiger partial charge in [0.05, 0.1) is 5.56 Å². The van der Waals surface area contributed by atoms with Gasteiger partial charge in [0.1, 0.15) is 5.82 Å². The lowest BCUT2D eigenvalue weighted by Crippen LogP contribution is -2.41. The Kier molecular flexibility index (Phi) is 4.73. The molecule has 0 saturated heterocycles. The highest BCUT2D eigenvalue weighted by Crippen LogP contribution is 2.21. The van der Waals surface area contributed by atoms with E-state index in [1.807, 2.05) is 6.92 Å². The van der Waals surface area contributed by atoms with Crippen LogP contribution >= 0.6 is 15.9 Å². The number of carbonyl (C=O) groups excluding carboxylic acids is 1. The van der Waals surface area contributed by atoms with Crippen molar-refractivity contribution in [2.45, 2.75) is 33.7 Å². The minimum absolute atomic E-state index is 0.0227. The molecule has 2 N–H and O–H groups in total. The van der Waals surface area contributed by atoms with E-state index < -0.39 is 0 Å². The molecule has 100 valence electrons. The smallest absolute Gasteiger partial charge is 0.255 e. The second-order valence-corrected chi connectivity index (χ2v) is 6.28. The summed E-state index contributed by atoms with van der Waals surface area (Å²) in [5.41, 5.74) is 0.567. The first kappa shape index (κ1) is 15.0. The van der Waals surface area contributed by atoms with Crippen LogP contribution in [0, 0.1) is 5.41 Å². The second-order valence-electron chi connectivity index (χ2n) is 5.36. The van der Waals surface area contributed by atoms with E-state index in [0.29, 0.717) is 11.4 Å². The topological polar surface area (TPSA) is 54.0 Å². The maximum atomic E-state index is 12.2. The van der Waals surface area contributed by atoms with E-state index in [0.717, 1.165) is 4.47 Å². The number of carbonyl (C=O) groups is 1. The SMILES string of the molecule is CNc1ncc(Br)cc1C(=O)NC(C)C(C)(C)C. The Morgan fingerprint density at radius 3 is 2.56 bits per heavy atom. The van der Waals surface area contributed by atoms with Gasteiger partial charge >= 0.3 is 0 Å². The molecule has 1 aromatic rings. The highest BCUT2D eigenvalue weighted by Gasteiger charge is 2.23. The Bertz CT molecular complexity index is 440. The molecule has 4 nitrogen and oxygen atoms in total. The predicted molar refractivity (Wildman–Crippen MR) is 77.9 cm³/mol. The van der Waals surface area contributed by atoms with Gasteiger partial charge in [0.2, 0.25) is 0 Å². The van der Waals surface area contributed by atoms with Gasteiger partial charge in [0, 0.05) is 23.8 Å². The zero-order valence-electron chi connectivity index (χ0n) is 11.5. The van der Waals surface area contributed by atoms with Crippen LogP contribution in [0.5, 0.6) is 0 Å². The molecular weight excluding hydrogens is 294 g/mol. The van der Waals surface area contributed by atoms with E-state index in [-0.39, 0.29) is 17.4 Å². The normalized spacial score (nSPS) is 13.0. The molecule has 1 amide bonds. The van der Waals surface area contributed by atoms with E-state index >= 15 is 0 Å². The van der Waals surface area contributed by atoms with Crippen LogP contribution in [0.2, 0.25) is 0 Å². The maximum Gasteiger partial charge on any atom is 0.255 e. The minimum atomic E-state index is -0.115. The molecule has 0 radical (unpaired) electrons. The summed E-state index contributed by atoms with van der Waals surface area (Å²) in [4.78, 5) is 16.4. The Balaban J connectivity index is 2.94. The molecule has 0 aliphatic rings. The molecule has 0 saturated carbocycles. The van der Waals surface area contributed by atoms with Crippen molar-refractivity contribution in [1.82, 2.24) is 10.3 Å². The molecule has 0 aliphatic heterocycles. The first-order valence-corrected chi connectivity index (χ1v) is 6.69. The summed E-state index contributed by atoms with van der Waals surface area (Å²) < 4.78 is 0.787. The second kappa shape index (κ2) is 5.69. The van der Waals surface area contributed by atoms with Gasteiger partial charge in [0.25, 0.3) is 5.91 Å². The first-order valence-electron chi connectivity index (χ1n) is 5.90. The third-order valence-electron chi connectivity index (χ3n) is 2.98. The number of nitrogens with zero attached hydrogens (tertiary/aromatic N) is 1. The molecule has 18 heavy (non-hydrogen) atoms. The number of rotatable bonds is 3. The van der Waals surface area contributed by atoms with Gasteiger partial charge in [-0.2, -0.15) is 0 Å². The molecule has 0 bridgehead atoms. The largest absolute Gasteiger partial charge is 0.372 e. The summed E-state index contributed by atoms with van der Waals surface area (Å²) in [7, 11) is 1.75. The fraction of sp³-hybridized carbons (Fsp3) is 0.538. The molecule has 1 rings (SSSR count). The van der Waals surface area contributed by atoms with Crippen molar-refractivity contribution in [3.8, 4) is 0 Å². The van der Waals surface area contributed by atoms with Crippen molar-refractivity contribution in [3.05, 3.63) is 22.3 Å². The van der Waals surface area contributed by atoms with Gasteiger partial charge < -0.3 is 10.6 Å². The molecule has 5 heteroatoms.